The van der Waals surface area contributed by atoms with Crippen LogP contribution in [0.25, 0.3) is 113 Å². The Morgan fingerprint density at radius 3 is 0.800 bits per heavy atom. The molecule has 0 bridgehead atoms. The van der Waals surface area contributed by atoms with Gasteiger partial charge in [-0.25, -0.2) is 24.9 Å². The Morgan fingerprint density at radius 2 is 0.514 bits per heavy atom. The summed E-state index contributed by atoms with van der Waals surface area (Å²) in [4.78, 5) is 26.4. The summed E-state index contributed by atoms with van der Waals surface area (Å²) < 4.78 is 60.6. The first-order valence-corrected chi connectivity index (χ1v) is 22.7. The molecule has 13 aromatic rings. The predicted molar refractivity (Wildman–Crippen MR) is 269 cm³/mol. The largest absolute Gasteiger partial charge is 0.420 e. The van der Waals surface area contributed by atoms with Gasteiger partial charge in [-0.2, -0.15) is 13.2 Å². The fraction of sp³-hybridized carbons (Fsp3) is 0.0172. The van der Waals surface area contributed by atoms with E-state index in [4.69, 9.17) is 24.9 Å². The number of pyridine rings is 1. The van der Waals surface area contributed by atoms with Crippen LogP contribution in [0, 0.1) is 0 Å². The molecule has 0 atom stereocenters. The van der Waals surface area contributed by atoms with Gasteiger partial charge in [0.25, 0.3) is 0 Å². The summed E-state index contributed by atoms with van der Waals surface area (Å²) in [6.07, 6.45) is -5.09. The second-order valence-electron chi connectivity index (χ2n) is 16.8. The van der Waals surface area contributed by atoms with E-state index in [9.17, 15) is 0 Å². The normalized spacial score (nSPS) is 11.9. The average Bonchev–Trinajstić information content (AvgIpc) is 4.20. The summed E-state index contributed by atoms with van der Waals surface area (Å²) in [5, 5.41) is 0. The van der Waals surface area contributed by atoms with E-state index < -0.39 is 11.7 Å². The van der Waals surface area contributed by atoms with Crippen LogP contribution in [0.4, 0.5) is 13.2 Å². The zero-order chi connectivity index (χ0) is 46.9. The van der Waals surface area contributed by atoms with E-state index in [1.54, 1.807) is 30.4 Å². The van der Waals surface area contributed by atoms with Crippen molar-refractivity contribution in [2.75, 3.05) is 0 Å². The number of nitrogens with zero attached hydrogens (tertiary/aromatic N) is 9. The zero-order valence-electron chi connectivity index (χ0n) is 36.9. The van der Waals surface area contributed by atoms with Gasteiger partial charge in [0, 0.05) is 22.3 Å². The molecule has 13 rings (SSSR count). The van der Waals surface area contributed by atoms with Gasteiger partial charge in [-0.05, 0) is 48.5 Å². The van der Waals surface area contributed by atoms with E-state index in [1.807, 2.05) is 206 Å². The maximum absolute atomic E-state index is 17.9. The van der Waals surface area contributed by atoms with Crippen LogP contribution in [-0.4, -0.2) is 43.2 Å². The number of halogens is 3. The molecule has 9 nitrogen and oxygen atoms in total. The molecule has 0 unspecified atom stereocenters. The summed E-state index contributed by atoms with van der Waals surface area (Å²) >= 11 is 0. The third kappa shape index (κ3) is 6.52. The Hall–Kier alpha value is -9.42. The van der Waals surface area contributed by atoms with Crippen molar-refractivity contribution in [3.05, 3.63) is 224 Å². The van der Waals surface area contributed by atoms with Crippen molar-refractivity contribution < 1.29 is 13.2 Å². The number of hydrogen-bond acceptors (Lipinski definition) is 5. The first-order valence-electron chi connectivity index (χ1n) is 22.7. The number of fused-ring (bicyclic) bond motifs is 4. The van der Waals surface area contributed by atoms with Gasteiger partial charge in [-0.3, -0.25) is 18.3 Å². The van der Waals surface area contributed by atoms with Crippen molar-refractivity contribution in [2.45, 2.75) is 6.18 Å². The molecule has 8 aromatic carbocycles. The minimum absolute atomic E-state index is 0.0403. The molecule has 5 aromatic heterocycles. The lowest BCUT2D eigenvalue weighted by Gasteiger charge is -2.27. The highest BCUT2D eigenvalue weighted by Crippen LogP contribution is 2.49. The highest BCUT2D eigenvalue weighted by molar-refractivity contribution is 5.93. The molecule has 0 saturated carbocycles. The Morgan fingerprint density at radius 1 is 0.271 bits per heavy atom. The SMILES string of the molecule is FC(F)(F)c1c(-n2c(-c3ccccc3)nc3ccccc32)c(-n2c(-c3ccccc3)nc3ccccc32)nc(-n2c(-c3ccccc3)nc3ccccc32)c1-n1c(-c2ccccc2)nc2ccccc21. The molecule has 5 heterocycles. The second kappa shape index (κ2) is 16.1. The Balaban J connectivity index is 1.34. The third-order valence-corrected chi connectivity index (χ3v) is 12.6. The van der Waals surface area contributed by atoms with Crippen LogP contribution in [0.1, 0.15) is 5.56 Å². The van der Waals surface area contributed by atoms with Crippen LogP contribution in [0.15, 0.2) is 218 Å². The Kier molecular flexibility index (Phi) is 9.41. The smallest absolute Gasteiger partial charge is 0.288 e. The minimum atomic E-state index is -5.09. The van der Waals surface area contributed by atoms with Gasteiger partial charge in [-0.15, -0.1) is 0 Å². The fourth-order valence-electron chi connectivity index (χ4n) is 9.65. The minimum Gasteiger partial charge on any atom is -0.288 e. The Labute approximate surface area is 397 Å². The summed E-state index contributed by atoms with van der Waals surface area (Å²) in [6.45, 7) is 0. The molecule has 70 heavy (non-hydrogen) atoms. The number of rotatable bonds is 8. The maximum Gasteiger partial charge on any atom is 0.420 e. The van der Waals surface area contributed by atoms with E-state index >= 15 is 13.2 Å². The van der Waals surface area contributed by atoms with Crippen LogP contribution in [0.5, 0.6) is 0 Å². The lowest BCUT2D eigenvalue weighted by Crippen LogP contribution is -2.23. The molecule has 334 valence electrons. The highest BCUT2D eigenvalue weighted by Gasteiger charge is 2.45. The second-order valence-corrected chi connectivity index (χ2v) is 16.8. The molecule has 12 heteroatoms. The van der Waals surface area contributed by atoms with Gasteiger partial charge in [0.05, 0.1) is 44.1 Å². The van der Waals surface area contributed by atoms with Crippen LogP contribution < -0.4 is 0 Å². The van der Waals surface area contributed by atoms with Crippen LogP contribution in [0.3, 0.4) is 0 Å². The number of benzene rings is 8. The van der Waals surface area contributed by atoms with Gasteiger partial charge < -0.3 is 0 Å². The molecular weight excluding hydrogens is 880 g/mol. The molecule has 0 amide bonds. The van der Waals surface area contributed by atoms with Crippen molar-refractivity contribution in [3.8, 4) is 68.6 Å². The molecule has 0 radical (unpaired) electrons. The molecule has 0 aliphatic carbocycles. The van der Waals surface area contributed by atoms with Crippen molar-refractivity contribution in [1.82, 2.24) is 43.2 Å². The van der Waals surface area contributed by atoms with Gasteiger partial charge in [-0.1, -0.05) is 170 Å². The van der Waals surface area contributed by atoms with Crippen molar-refractivity contribution in [3.63, 3.8) is 0 Å². The van der Waals surface area contributed by atoms with Gasteiger partial charge in [0.15, 0.2) is 11.6 Å². The molecule has 0 spiro atoms. The molecule has 0 N–H and O–H groups in total. The van der Waals surface area contributed by atoms with E-state index in [2.05, 4.69) is 0 Å². The first kappa shape index (κ1) is 40.8. The van der Waals surface area contributed by atoms with Gasteiger partial charge >= 0.3 is 6.18 Å². The first-order chi connectivity index (χ1) is 34.4. The predicted octanol–water partition coefficient (Wildman–Crippen LogP) is 14.1. The monoisotopic (exact) mass is 915 g/mol. The number of para-hydroxylation sites is 8. The topological polar surface area (TPSA) is 84.2 Å². The molecule has 0 fully saturated rings. The maximum atomic E-state index is 17.9. The molecule has 0 aliphatic rings. The standard InChI is InChI=1S/C58H36F3N9/c59-58(60,61)49-50(67-45-33-17-13-29-41(45)62-52(67)37-21-5-1-6-22-37)56(69-47-35-19-15-31-43(47)64-54(69)39-25-9-3-10-26-39)66-57(70-48-36-20-16-32-44(48)65-55(70)40-27-11-4-12-28-40)51(49)68-46-34-18-14-30-42(46)63-53(68)38-23-7-2-8-24-38/h1-36H. The van der Waals surface area contributed by atoms with Gasteiger partial charge in [0.1, 0.15) is 40.2 Å². The lowest BCUT2D eigenvalue weighted by molar-refractivity contribution is -0.137. The average molecular weight is 916 g/mol. The van der Waals surface area contributed by atoms with Crippen molar-refractivity contribution >= 4 is 44.1 Å². The number of aromatic nitrogens is 9. The van der Waals surface area contributed by atoms with Crippen LogP contribution >= 0.6 is 0 Å². The van der Waals surface area contributed by atoms with Gasteiger partial charge in [0.2, 0.25) is 0 Å². The van der Waals surface area contributed by atoms with Crippen LogP contribution in [0.2, 0.25) is 0 Å². The number of imidazole rings is 4. The molecule has 0 saturated heterocycles. The number of hydrogen-bond donors (Lipinski definition) is 0. The summed E-state index contributed by atoms with van der Waals surface area (Å²) in [5.74, 6) is 1.28. The highest BCUT2D eigenvalue weighted by atomic mass is 19.4. The van der Waals surface area contributed by atoms with E-state index in [-0.39, 0.29) is 34.7 Å². The number of alkyl halides is 3. The Bertz CT molecular complexity index is 3840. The zero-order valence-corrected chi connectivity index (χ0v) is 36.9. The lowest BCUT2D eigenvalue weighted by atomic mass is 10.1. The summed E-state index contributed by atoms with van der Waals surface area (Å²) in [7, 11) is 0. The fourth-order valence-corrected chi connectivity index (χ4v) is 9.65. The van der Waals surface area contributed by atoms with E-state index in [0.29, 0.717) is 78.0 Å². The summed E-state index contributed by atoms with van der Waals surface area (Å²) in [5.41, 5.74) is 5.15. The van der Waals surface area contributed by atoms with Crippen molar-refractivity contribution in [2.24, 2.45) is 0 Å². The molecule has 0 aliphatic heterocycles. The van der Waals surface area contributed by atoms with E-state index in [1.165, 1.54) is 0 Å². The third-order valence-electron chi connectivity index (χ3n) is 12.6. The summed E-state index contributed by atoms with van der Waals surface area (Å²) in [6, 6.07) is 67.0. The quantitative estimate of drug-likeness (QED) is 0.152. The van der Waals surface area contributed by atoms with Crippen LogP contribution in [-0.2, 0) is 6.18 Å². The van der Waals surface area contributed by atoms with Crippen molar-refractivity contribution in [1.29, 1.82) is 0 Å². The molecular formula is C58H36F3N9. The van der Waals surface area contributed by atoms with E-state index in [0.717, 1.165) is 0 Å².